The zero-order chi connectivity index (χ0) is 37.3. The predicted molar refractivity (Wildman–Crippen MR) is 236 cm³/mol. The summed E-state index contributed by atoms with van der Waals surface area (Å²) in [5, 5.41) is 0. The van der Waals surface area contributed by atoms with Gasteiger partial charge in [0.05, 0.1) is 0 Å². The standard InChI is InChI=1S/C51H98N/c1-4-7-10-13-16-19-22-25-27-29-32-35-38-41-45-50-46-44-49-52(48-43-40-37-34-31-24-21-18-15-12-9-6-3)51(50)47-42-39-36-33-30-28-26-23-20-17-14-11-8-5-2/h44,46,49H,4-43,45,47-48H2,1-3H3/q+1. The first-order chi connectivity index (χ1) is 25.8. The second-order valence-corrected chi connectivity index (χ2v) is 17.3. The number of rotatable bonds is 43. The van der Waals surface area contributed by atoms with Gasteiger partial charge in [-0.05, 0) is 31.7 Å². The molecule has 0 atom stereocenters. The quantitative estimate of drug-likeness (QED) is 0.0466. The van der Waals surface area contributed by atoms with Crippen LogP contribution in [0.3, 0.4) is 0 Å². The summed E-state index contributed by atoms with van der Waals surface area (Å²) in [6.07, 6.45) is 62.7. The third kappa shape index (κ3) is 32.6. The average Bonchev–Trinajstić information content (AvgIpc) is 3.16. The van der Waals surface area contributed by atoms with Crippen molar-refractivity contribution in [1.82, 2.24) is 0 Å². The summed E-state index contributed by atoms with van der Waals surface area (Å²) in [4.78, 5) is 0. The van der Waals surface area contributed by atoms with E-state index in [1.165, 1.54) is 276 Å². The van der Waals surface area contributed by atoms with Gasteiger partial charge in [-0.3, -0.25) is 0 Å². The first kappa shape index (κ1) is 49.2. The fraction of sp³-hybridized carbons (Fsp3) is 0.902. The second-order valence-electron chi connectivity index (χ2n) is 17.3. The number of aryl methyl sites for hydroxylation is 2. The molecule has 0 aromatic carbocycles. The average molecular weight is 725 g/mol. The van der Waals surface area contributed by atoms with Crippen molar-refractivity contribution in [2.75, 3.05) is 0 Å². The normalized spacial score (nSPS) is 11.6. The zero-order valence-corrected chi connectivity index (χ0v) is 36.6. The van der Waals surface area contributed by atoms with Crippen molar-refractivity contribution in [3.63, 3.8) is 0 Å². The molecule has 1 rings (SSSR count). The van der Waals surface area contributed by atoms with Crippen molar-refractivity contribution in [1.29, 1.82) is 0 Å². The molecule has 1 heteroatoms. The van der Waals surface area contributed by atoms with Gasteiger partial charge in [-0.25, -0.2) is 4.57 Å². The van der Waals surface area contributed by atoms with Crippen molar-refractivity contribution >= 4 is 0 Å². The van der Waals surface area contributed by atoms with Crippen LogP contribution in [0.2, 0.25) is 0 Å². The second kappa shape index (κ2) is 41.3. The number of pyridine rings is 1. The lowest BCUT2D eigenvalue weighted by Gasteiger charge is -2.11. The Hall–Kier alpha value is -0.850. The minimum absolute atomic E-state index is 1.23. The van der Waals surface area contributed by atoms with Gasteiger partial charge in [0.1, 0.15) is 6.54 Å². The molecule has 1 aromatic heterocycles. The molecule has 0 fully saturated rings. The molecule has 52 heavy (non-hydrogen) atoms. The largest absolute Gasteiger partial charge is 0.202 e. The van der Waals surface area contributed by atoms with Crippen LogP contribution in [-0.2, 0) is 19.4 Å². The molecule has 0 aliphatic carbocycles. The molecule has 0 aliphatic rings. The Labute approximate surface area is 330 Å². The smallest absolute Gasteiger partial charge is 0.184 e. The highest BCUT2D eigenvalue weighted by molar-refractivity contribution is 5.16. The number of hydrogen-bond acceptors (Lipinski definition) is 0. The minimum Gasteiger partial charge on any atom is -0.202 e. The molecule has 0 radical (unpaired) electrons. The van der Waals surface area contributed by atoms with Gasteiger partial charge in [-0.15, -0.1) is 0 Å². The fourth-order valence-electron chi connectivity index (χ4n) is 8.50. The highest BCUT2D eigenvalue weighted by Gasteiger charge is 2.15. The number of unbranched alkanes of at least 4 members (excludes halogenated alkanes) is 37. The summed E-state index contributed by atoms with van der Waals surface area (Å²) in [6, 6.07) is 4.86. The van der Waals surface area contributed by atoms with E-state index in [4.69, 9.17) is 0 Å². The van der Waals surface area contributed by atoms with Crippen molar-refractivity contribution in [2.45, 2.75) is 297 Å². The van der Waals surface area contributed by atoms with Crippen LogP contribution in [0.25, 0.3) is 0 Å². The van der Waals surface area contributed by atoms with E-state index in [2.05, 4.69) is 43.7 Å². The maximum absolute atomic E-state index is 2.69. The first-order valence-electron chi connectivity index (χ1n) is 24.8. The van der Waals surface area contributed by atoms with Gasteiger partial charge in [0, 0.05) is 24.5 Å². The van der Waals surface area contributed by atoms with Crippen molar-refractivity contribution in [3.05, 3.63) is 29.6 Å². The lowest BCUT2D eigenvalue weighted by Crippen LogP contribution is -2.39. The summed E-state index contributed by atoms with van der Waals surface area (Å²) < 4.78 is 2.69. The van der Waals surface area contributed by atoms with Gasteiger partial charge in [-0.2, -0.15) is 0 Å². The van der Waals surface area contributed by atoms with Gasteiger partial charge >= 0.3 is 0 Å². The van der Waals surface area contributed by atoms with Gasteiger partial charge in [0.25, 0.3) is 0 Å². The molecule has 0 amide bonds. The molecular weight excluding hydrogens is 627 g/mol. The third-order valence-electron chi connectivity index (χ3n) is 12.1. The molecule has 1 nitrogen and oxygen atoms in total. The molecule has 0 unspecified atom stereocenters. The molecule has 0 spiro atoms. The van der Waals surface area contributed by atoms with Crippen LogP contribution >= 0.6 is 0 Å². The Morgan fingerprint density at radius 2 is 0.577 bits per heavy atom. The van der Waals surface area contributed by atoms with E-state index >= 15 is 0 Å². The number of aromatic nitrogens is 1. The van der Waals surface area contributed by atoms with Crippen LogP contribution in [0.1, 0.15) is 289 Å². The highest BCUT2D eigenvalue weighted by Crippen LogP contribution is 2.18. The lowest BCUT2D eigenvalue weighted by molar-refractivity contribution is -0.705. The number of nitrogens with zero attached hydrogens (tertiary/aromatic N) is 1. The van der Waals surface area contributed by atoms with Crippen molar-refractivity contribution < 1.29 is 4.57 Å². The molecule has 306 valence electrons. The molecular formula is C51H98N+. The third-order valence-corrected chi connectivity index (χ3v) is 12.1. The van der Waals surface area contributed by atoms with E-state index in [0.717, 1.165) is 0 Å². The van der Waals surface area contributed by atoms with Crippen LogP contribution in [0, 0.1) is 0 Å². The Morgan fingerprint density at radius 1 is 0.308 bits per heavy atom. The van der Waals surface area contributed by atoms with Crippen LogP contribution in [0.5, 0.6) is 0 Å². The lowest BCUT2D eigenvalue weighted by atomic mass is 9.99. The molecule has 0 saturated heterocycles. The van der Waals surface area contributed by atoms with E-state index in [1.54, 1.807) is 11.3 Å². The topological polar surface area (TPSA) is 3.88 Å². The minimum atomic E-state index is 1.23. The number of hydrogen-bond donors (Lipinski definition) is 0. The summed E-state index contributed by atoms with van der Waals surface area (Å²) in [7, 11) is 0. The van der Waals surface area contributed by atoms with Crippen molar-refractivity contribution in [3.8, 4) is 0 Å². The Kier molecular flexibility index (Phi) is 39.1. The zero-order valence-electron chi connectivity index (χ0n) is 36.6. The monoisotopic (exact) mass is 725 g/mol. The first-order valence-corrected chi connectivity index (χ1v) is 24.8. The molecule has 0 saturated carbocycles. The van der Waals surface area contributed by atoms with Crippen LogP contribution in [0.15, 0.2) is 18.3 Å². The summed E-state index contributed by atoms with van der Waals surface area (Å²) >= 11 is 0. The van der Waals surface area contributed by atoms with Crippen LogP contribution < -0.4 is 4.57 Å². The van der Waals surface area contributed by atoms with Gasteiger partial charge in [0.2, 0.25) is 0 Å². The fourth-order valence-corrected chi connectivity index (χ4v) is 8.50. The van der Waals surface area contributed by atoms with E-state index in [-0.39, 0.29) is 0 Å². The molecule has 1 heterocycles. The highest BCUT2D eigenvalue weighted by atomic mass is 15.0. The predicted octanol–water partition coefficient (Wildman–Crippen LogP) is 17.7. The SMILES string of the molecule is CCCCCCCCCCCCCCCCc1ccc[n+](CCCCCCCCCCCCCC)c1CCCCCCCCCCCCCCCC. The summed E-state index contributed by atoms with van der Waals surface area (Å²) in [5.41, 5.74) is 3.37. The van der Waals surface area contributed by atoms with Gasteiger partial charge < -0.3 is 0 Å². The summed E-state index contributed by atoms with van der Waals surface area (Å²) in [5.74, 6) is 0. The van der Waals surface area contributed by atoms with E-state index in [0.29, 0.717) is 0 Å². The molecule has 1 aromatic rings. The van der Waals surface area contributed by atoms with E-state index in [1.807, 2.05) is 0 Å². The van der Waals surface area contributed by atoms with Gasteiger partial charge in [0.15, 0.2) is 11.9 Å². The van der Waals surface area contributed by atoms with E-state index in [9.17, 15) is 0 Å². The van der Waals surface area contributed by atoms with E-state index < -0.39 is 0 Å². The molecule has 0 aliphatic heterocycles. The summed E-state index contributed by atoms with van der Waals surface area (Å²) in [6.45, 7) is 8.19. The van der Waals surface area contributed by atoms with Crippen molar-refractivity contribution in [2.24, 2.45) is 0 Å². The maximum Gasteiger partial charge on any atom is 0.184 e. The van der Waals surface area contributed by atoms with Crippen LogP contribution in [-0.4, -0.2) is 0 Å². The molecule has 0 N–H and O–H groups in total. The Balaban J connectivity index is 2.34. The Bertz CT molecular complexity index is 813. The molecule has 0 bridgehead atoms. The Morgan fingerprint density at radius 3 is 0.904 bits per heavy atom. The van der Waals surface area contributed by atoms with Gasteiger partial charge in [-0.1, -0.05) is 252 Å². The maximum atomic E-state index is 2.69. The van der Waals surface area contributed by atoms with Crippen LogP contribution in [0.4, 0.5) is 0 Å².